The summed E-state index contributed by atoms with van der Waals surface area (Å²) in [6.07, 6.45) is 3.42. The fourth-order valence-corrected chi connectivity index (χ4v) is 1.71. The number of nitrogens with one attached hydrogen (secondary N) is 1. The molecule has 18 heavy (non-hydrogen) atoms. The van der Waals surface area contributed by atoms with Crippen molar-refractivity contribution >= 4 is 0 Å². The molecule has 0 saturated carbocycles. The number of nitrogens with zero attached hydrogens (tertiary/aromatic N) is 1. The zero-order valence-electron chi connectivity index (χ0n) is 10.0. The maximum absolute atomic E-state index is 13.4. The van der Waals surface area contributed by atoms with Crippen LogP contribution in [0.15, 0.2) is 42.7 Å². The standard InChI is InChI=1S/C14H14F2N2/c1-10(11-4-3-7-17-8-11)18-9-12-13(15)5-2-6-14(12)16/h2-8,10,18H,9H2,1H3/t10-/m0/s1. The van der Waals surface area contributed by atoms with E-state index in [4.69, 9.17) is 0 Å². The van der Waals surface area contributed by atoms with Crippen molar-refractivity contribution in [2.75, 3.05) is 0 Å². The Morgan fingerprint density at radius 2 is 1.89 bits per heavy atom. The van der Waals surface area contributed by atoms with Gasteiger partial charge in [-0.3, -0.25) is 4.98 Å². The third-order valence-corrected chi connectivity index (χ3v) is 2.83. The maximum Gasteiger partial charge on any atom is 0.130 e. The minimum atomic E-state index is -0.527. The van der Waals surface area contributed by atoms with Gasteiger partial charge in [0.1, 0.15) is 11.6 Å². The van der Waals surface area contributed by atoms with Crippen molar-refractivity contribution in [3.05, 3.63) is 65.5 Å². The summed E-state index contributed by atoms with van der Waals surface area (Å²) >= 11 is 0. The van der Waals surface area contributed by atoms with E-state index in [0.717, 1.165) is 5.56 Å². The van der Waals surface area contributed by atoms with E-state index in [0.29, 0.717) is 0 Å². The monoisotopic (exact) mass is 248 g/mol. The molecular weight excluding hydrogens is 234 g/mol. The molecule has 1 atom stereocenters. The van der Waals surface area contributed by atoms with Crippen LogP contribution < -0.4 is 5.32 Å². The van der Waals surface area contributed by atoms with Crippen molar-refractivity contribution in [2.45, 2.75) is 19.5 Å². The molecule has 94 valence electrons. The van der Waals surface area contributed by atoms with Crippen LogP contribution in [0.5, 0.6) is 0 Å². The van der Waals surface area contributed by atoms with E-state index < -0.39 is 11.6 Å². The summed E-state index contributed by atoms with van der Waals surface area (Å²) < 4.78 is 26.8. The van der Waals surface area contributed by atoms with E-state index in [-0.39, 0.29) is 18.2 Å². The summed E-state index contributed by atoms with van der Waals surface area (Å²) in [6.45, 7) is 2.07. The van der Waals surface area contributed by atoms with E-state index in [1.165, 1.54) is 18.2 Å². The van der Waals surface area contributed by atoms with Crippen molar-refractivity contribution < 1.29 is 8.78 Å². The average Bonchev–Trinajstić information content (AvgIpc) is 2.39. The van der Waals surface area contributed by atoms with Gasteiger partial charge in [0.25, 0.3) is 0 Å². The van der Waals surface area contributed by atoms with E-state index in [2.05, 4.69) is 10.3 Å². The molecule has 0 spiro atoms. The van der Waals surface area contributed by atoms with Crippen LogP contribution in [-0.4, -0.2) is 4.98 Å². The smallest absolute Gasteiger partial charge is 0.130 e. The summed E-state index contributed by atoms with van der Waals surface area (Å²) in [7, 11) is 0. The van der Waals surface area contributed by atoms with Crippen LogP contribution >= 0.6 is 0 Å². The van der Waals surface area contributed by atoms with Gasteiger partial charge in [-0.25, -0.2) is 8.78 Å². The third kappa shape index (κ3) is 2.90. The van der Waals surface area contributed by atoms with E-state index in [1.807, 2.05) is 19.1 Å². The number of aromatic nitrogens is 1. The van der Waals surface area contributed by atoms with Gasteiger partial charge < -0.3 is 5.32 Å². The van der Waals surface area contributed by atoms with Crippen LogP contribution in [0, 0.1) is 11.6 Å². The fraction of sp³-hybridized carbons (Fsp3) is 0.214. The molecule has 1 heterocycles. The summed E-state index contributed by atoms with van der Waals surface area (Å²) in [5, 5.41) is 3.08. The molecule has 1 aromatic carbocycles. The van der Waals surface area contributed by atoms with E-state index in [9.17, 15) is 8.78 Å². The lowest BCUT2D eigenvalue weighted by Crippen LogP contribution is -2.19. The highest BCUT2D eigenvalue weighted by Gasteiger charge is 2.10. The van der Waals surface area contributed by atoms with Crippen LogP contribution in [0.4, 0.5) is 8.78 Å². The quantitative estimate of drug-likeness (QED) is 0.898. The molecular formula is C14H14F2N2. The lowest BCUT2D eigenvalue weighted by atomic mass is 10.1. The Bertz CT molecular complexity index is 494. The van der Waals surface area contributed by atoms with Crippen molar-refractivity contribution in [1.29, 1.82) is 0 Å². The summed E-state index contributed by atoms with van der Waals surface area (Å²) in [6, 6.07) is 7.61. The second kappa shape index (κ2) is 5.69. The zero-order chi connectivity index (χ0) is 13.0. The SMILES string of the molecule is C[C@H](NCc1c(F)cccc1F)c1cccnc1. The molecule has 0 unspecified atom stereocenters. The molecule has 0 amide bonds. The fourth-order valence-electron chi connectivity index (χ4n) is 1.71. The largest absolute Gasteiger partial charge is 0.306 e. The van der Waals surface area contributed by atoms with Gasteiger partial charge in [0.15, 0.2) is 0 Å². The Morgan fingerprint density at radius 3 is 2.50 bits per heavy atom. The van der Waals surface area contributed by atoms with Gasteiger partial charge in [-0.15, -0.1) is 0 Å². The lowest BCUT2D eigenvalue weighted by molar-refractivity contribution is 0.508. The molecule has 0 bridgehead atoms. The first-order valence-corrected chi connectivity index (χ1v) is 5.74. The highest BCUT2D eigenvalue weighted by molar-refractivity contribution is 5.20. The zero-order valence-corrected chi connectivity index (χ0v) is 10.0. The Labute approximate surface area is 105 Å². The predicted octanol–water partition coefficient (Wildman–Crippen LogP) is 3.21. The number of pyridine rings is 1. The van der Waals surface area contributed by atoms with Gasteiger partial charge in [0.05, 0.1) is 0 Å². The van der Waals surface area contributed by atoms with Crippen molar-refractivity contribution in [3.8, 4) is 0 Å². The topological polar surface area (TPSA) is 24.9 Å². The van der Waals surface area contributed by atoms with Crippen LogP contribution in [0.3, 0.4) is 0 Å². The highest BCUT2D eigenvalue weighted by Crippen LogP contribution is 2.15. The first kappa shape index (κ1) is 12.6. The summed E-state index contributed by atoms with van der Waals surface area (Å²) in [5.74, 6) is -1.05. The van der Waals surface area contributed by atoms with Crippen LogP contribution in [0.2, 0.25) is 0 Å². The summed E-state index contributed by atoms with van der Waals surface area (Å²) in [4.78, 5) is 4.01. The minimum Gasteiger partial charge on any atom is -0.306 e. The van der Waals surface area contributed by atoms with Gasteiger partial charge in [-0.05, 0) is 30.7 Å². The van der Waals surface area contributed by atoms with Crippen LogP contribution in [0.1, 0.15) is 24.1 Å². The number of halogens is 2. The first-order valence-electron chi connectivity index (χ1n) is 5.74. The number of hydrogen-bond donors (Lipinski definition) is 1. The molecule has 0 saturated heterocycles. The molecule has 0 aliphatic rings. The van der Waals surface area contributed by atoms with Gasteiger partial charge in [0, 0.05) is 30.5 Å². The molecule has 4 heteroatoms. The Balaban J connectivity index is 2.04. The molecule has 0 radical (unpaired) electrons. The first-order chi connectivity index (χ1) is 8.68. The Morgan fingerprint density at radius 1 is 1.17 bits per heavy atom. The second-order valence-corrected chi connectivity index (χ2v) is 4.09. The summed E-state index contributed by atoms with van der Waals surface area (Å²) in [5.41, 5.74) is 1.04. The predicted molar refractivity (Wildman–Crippen MR) is 65.8 cm³/mol. The molecule has 1 aromatic heterocycles. The van der Waals surface area contributed by atoms with Gasteiger partial charge >= 0.3 is 0 Å². The lowest BCUT2D eigenvalue weighted by Gasteiger charge is -2.14. The molecule has 0 aliphatic carbocycles. The average molecular weight is 248 g/mol. The molecule has 2 nitrogen and oxygen atoms in total. The molecule has 0 fully saturated rings. The maximum atomic E-state index is 13.4. The van der Waals surface area contributed by atoms with Crippen molar-refractivity contribution in [1.82, 2.24) is 10.3 Å². The number of benzene rings is 1. The van der Waals surface area contributed by atoms with Crippen molar-refractivity contribution in [2.24, 2.45) is 0 Å². The van der Waals surface area contributed by atoms with Crippen LogP contribution in [-0.2, 0) is 6.54 Å². The van der Waals surface area contributed by atoms with Gasteiger partial charge in [-0.2, -0.15) is 0 Å². The minimum absolute atomic E-state index is 0.0160. The van der Waals surface area contributed by atoms with E-state index in [1.54, 1.807) is 12.4 Å². The molecule has 1 N–H and O–H groups in total. The number of rotatable bonds is 4. The Kier molecular flexibility index (Phi) is 3.99. The molecule has 0 aliphatic heterocycles. The van der Waals surface area contributed by atoms with E-state index >= 15 is 0 Å². The molecule has 2 rings (SSSR count). The van der Waals surface area contributed by atoms with Gasteiger partial charge in [-0.1, -0.05) is 12.1 Å². The second-order valence-electron chi connectivity index (χ2n) is 4.09. The normalized spacial score (nSPS) is 12.4. The van der Waals surface area contributed by atoms with Crippen molar-refractivity contribution in [3.63, 3.8) is 0 Å². The third-order valence-electron chi connectivity index (χ3n) is 2.83. The number of hydrogen-bond acceptors (Lipinski definition) is 2. The molecule has 2 aromatic rings. The Hall–Kier alpha value is -1.81. The highest BCUT2D eigenvalue weighted by atomic mass is 19.1. The van der Waals surface area contributed by atoms with Gasteiger partial charge in [0.2, 0.25) is 0 Å². The van der Waals surface area contributed by atoms with Crippen LogP contribution in [0.25, 0.3) is 0 Å².